The molecule has 1 fully saturated rings. The maximum Gasteiger partial charge on any atom is 0.416 e. The number of aromatic nitrogens is 3. The SMILES string of the molecule is CN1CCN(C(=O)c2nn(-c3ccccc3F)c(=O)n(Cc3cccc(C(F)(F)F)c3)c2=O)CC1. The lowest BCUT2D eigenvalue weighted by atomic mass is 10.1. The lowest BCUT2D eigenvalue weighted by molar-refractivity contribution is -0.137. The van der Waals surface area contributed by atoms with Crippen LogP contribution in [0.4, 0.5) is 17.6 Å². The Morgan fingerprint density at radius 1 is 1.00 bits per heavy atom. The van der Waals surface area contributed by atoms with E-state index in [9.17, 15) is 31.9 Å². The molecule has 0 aliphatic carbocycles. The summed E-state index contributed by atoms with van der Waals surface area (Å²) in [7, 11) is 1.88. The lowest BCUT2D eigenvalue weighted by Crippen LogP contribution is -2.51. The molecule has 0 radical (unpaired) electrons. The molecule has 12 heteroatoms. The number of piperazine rings is 1. The number of halogens is 4. The fraction of sp³-hybridized carbons (Fsp3) is 0.304. The third kappa shape index (κ3) is 5.02. The van der Waals surface area contributed by atoms with Gasteiger partial charge in [0.05, 0.1) is 12.1 Å². The first-order chi connectivity index (χ1) is 16.6. The van der Waals surface area contributed by atoms with E-state index < -0.39 is 47.0 Å². The minimum Gasteiger partial charge on any atom is -0.335 e. The number of nitrogens with zero attached hydrogens (tertiary/aromatic N) is 5. The number of para-hydroxylation sites is 1. The second-order valence-electron chi connectivity index (χ2n) is 8.18. The third-order valence-electron chi connectivity index (χ3n) is 5.73. The molecule has 0 N–H and O–H groups in total. The molecule has 0 bridgehead atoms. The molecular formula is C23H21F4N5O3. The molecule has 1 aliphatic heterocycles. The highest BCUT2D eigenvalue weighted by atomic mass is 19.4. The van der Waals surface area contributed by atoms with Crippen LogP contribution in [-0.4, -0.2) is 63.3 Å². The van der Waals surface area contributed by atoms with E-state index in [0.29, 0.717) is 35.4 Å². The van der Waals surface area contributed by atoms with Gasteiger partial charge in [-0.25, -0.2) is 9.18 Å². The number of carbonyl (C=O) groups is 1. The van der Waals surface area contributed by atoms with Gasteiger partial charge in [-0.2, -0.15) is 23.0 Å². The van der Waals surface area contributed by atoms with Crippen molar-refractivity contribution in [3.05, 3.63) is 92.0 Å². The Morgan fingerprint density at radius 3 is 2.34 bits per heavy atom. The van der Waals surface area contributed by atoms with Gasteiger partial charge in [-0.05, 0) is 36.9 Å². The molecule has 0 unspecified atom stereocenters. The first kappa shape index (κ1) is 24.3. The molecule has 0 atom stereocenters. The van der Waals surface area contributed by atoms with E-state index in [4.69, 9.17) is 0 Å². The van der Waals surface area contributed by atoms with E-state index >= 15 is 0 Å². The predicted molar refractivity (Wildman–Crippen MR) is 118 cm³/mol. The maximum atomic E-state index is 14.5. The van der Waals surface area contributed by atoms with Gasteiger partial charge in [-0.1, -0.05) is 24.3 Å². The van der Waals surface area contributed by atoms with Gasteiger partial charge in [0.25, 0.3) is 11.5 Å². The van der Waals surface area contributed by atoms with Gasteiger partial charge in [0.15, 0.2) is 0 Å². The molecule has 184 valence electrons. The van der Waals surface area contributed by atoms with Crippen LogP contribution in [0.2, 0.25) is 0 Å². The predicted octanol–water partition coefficient (Wildman–Crippen LogP) is 1.99. The summed E-state index contributed by atoms with van der Waals surface area (Å²) in [6.07, 6.45) is -4.63. The summed E-state index contributed by atoms with van der Waals surface area (Å²) in [6, 6.07) is 9.28. The van der Waals surface area contributed by atoms with Gasteiger partial charge in [-0.15, -0.1) is 0 Å². The number of carbonyl (C=O) groups excluding carboxylic acids is 1. The molecule has 0 spiro atoms. The highest BCUT2D eigenvalue weighted by molar-refractivity contribution is 5.92. The van der Waals surface area contributed by atoms with Crippen molar-refractivity contribution in [3.63, 3.8) is 0 Å². The Balaban J connectivity index is 1.86. The van der Waals surface area contributed by atoms with Crippen LogP contribution in [-0.2, 0) is 12.7 Å². The molecule has 8 nitrogen and oxygen atoms in total. The first-order valence-corrected chi connectivity index (χ1v) is 10.7. The van der Waals surface area contributed by atoms with Crippen molar-refractivity contribution in [2.24, 2.45) is 0 Å². The molecule has 35 heavy (non-hydrogen) atoms. The van der Waals surface area contributed by atoms with Crippen LogP contribution < -0.4 is 11.2 Å². The summed E-state index contributed by atoms with van der Waals surface area (Å²) in [5, 5.41) is 3.90. The Hall–Kier alpha value is -3.80. The Morgan fingerprint density at radius 2 is 1.69 bits per heavy atom. The normalized spacial score (nSPS) is 14.8. The van der Waals surface area contributed by atoms with Crippen LogP contribution in [0, 0.1) is 5.82 Å². The van der Waals surface area contributed by atoms with Crippen LogP contribution in [0.15, 0.2) is 58.1 Å². The molecule has 2 aromatic carbocycles. The average Bonchev–Trinajstić information content (AvgIpc) is 2.82. The Bertz CT molecular complexity index is 1370. The lowest BCUT2D eigenvalue weighted by Gasteiger charge is -2.32. The Kier molecular flexibility index (Phi) is 6.57. The third-order valence-corrected chi connectivity index (χ3v) is 5.73. The number of hydrogen-bond donors (Lipinski definition) is 0. The summed E-state index contributed by atoms with van der Waals surface area (Å²) >= 11 is 0. The van der Waals surface area contributed by atoms with Crippen molar-refractivity contribution in [1.82, 2.24) is 24.1 Å². The molecule has 2 heterocycles. The van der Waals surface area contributed by atoms with Gasteiger partial charge >= 0.3 is 11.9 Å². The van der Waals surface area contributed by atoms with Gasteiger partial charge in [-0.3, -0.25) is 14.2 Å². The van der Waals surface area contributed by atoms with E-state index in [2.05, 4.69) is 5.10 Å². The van der Waals surface area contributed by atoms with Crippen molar-refractivity contribution in [2.75, 3.05) is 33.2 Å². The van der Waals surface area contributed by atoms with Crippen molar-refractivity contribution in [2.45, 2.75) is 12.7 Å². The van der Waals surface area contributed by atoms with Crippen LogP contribution in [0.5, 0.6) is 0 Å². The van der Waals surface area contributed by atoms with Crippen LogP contribution >= 0.6 is 0 Å². The first-order valence-electron chi connectivity index (χ1n) is 10.7. The monoisotopic (exact) mass is 491 g/mol. The van der Waals surface area contributed by atoms with Crippen LogP contribution in [0.3, 0.4) is 0 Å². The zero-order valence-electron chi connectivity index (χ0n) is 18.6. The van der Waals surface area contributed by atoms with E-state index in [1.165, 1.54) is 29.2 Å². The van der Waals surface area contributed by atoms with E-state index in [-0.39, 0.29) is 11.3 Å². The second-order valence-corrected chi connectivity index (χ2v) is 8.18. The number of hydrogen-bond acceptors (Lipinski definition) is 5. The number of rotatable bonds is 4. The highest BCUT2D eigenvalue weighted by Gasteiger charge is 2.31. The van der Waals surface area contributed by atoms with Crippen molar-refractivity contribution < 1.29 is 22.4 Å². The van der Waals surface area contributed by atoms with Crippen LogP contribution in [0.25, 0.3) is 5.69 Å². The standard InChI is InChI=1S/C23H21F4N5O3/c1-29-9-11-30(12-10-29)20(33)19-21(34)31(14-15-5-4-6-16(13-15)23(25,26)27)22(35)32(28-19)18-8-3-2-7-17(18)24/h2-8,13H,9-12,14H2,1H3. The van der Waals surface area contributed by atoms with Crippen molar-refractivity contribution in [1.29, 1.82) is 0 Å². The minimum atomic E-state index is -4.63. The molecular weight excluding hydrogens is 470 g/mol. The molecule has 1 aromatic heterocycles. The summed E-state index contributed by atoms with van der Waals surface area (Å²) in [5.41, 5.74) is -4.04. The van der Waals surface area contributed by atoms with Gasteiger partial charge in [0, 0.05) is 26.2 Å². The number of benzene rings is 2. The molecule has 1 amide bonds. The summed E-state index contributed by atoms with van der Waals surface area (Å²) < 4.78 is 55.2. The van der Waals surface area contributed by atoms with Crippen molar-refractivity contribution >= 4 is 5.91 Å². The molecule has 1 saturated heterocycles. The number of likely N-dealkylation sites (N-methyl/N-ethyl adjacent to an activating group) is 1. The second kappa shape index (κ2) is 9.45. The average molecular weight is 491 g/mol. The van der Waals surface area contributed by atoms with E-state index in [1.807, 2.05) is 11.9 Å². The fourth-order valence-electron chi connectivity index (χ4n) is 3.76. The fourth-order valence-corrected chi connectivity index (χ4v) is 3.76. The molecule has 4 rings (SSSR count). The quantitative estimate of drug-likeness (QED) is 0.522. The number of amides is 1. The summed E-state index contributed by atoms with van der Waals surface area (Å²) in [4.78, 5) is 42.9. The van der Waals surface area contributed by atoms with E-state index in [0.717, 1.165) is 24.3 Å². The van der Waals surface area contributed by atoms with Gasteiger partial charge < -0.3 is 9.80 Å². The minimum absolute atomic E-state index is 0.00306. The number of alkyl halides is 3. The smallest absolute Gasteiger partial charge is 0.335 e. The summed E-state index contributed by atoms with van der Waals surface area (Å²) in [6.45, 7) is 1.15. The maximum absolute atomic E-state index is 14.5. The zero-order valence-corrected chi connectivity index (χ0v) is 18.6. The van der Waals surface area contributed by atoms with Crippen molar-refractivity contribution in [3.8, 4) is 5.69 Å². The Labute approximate surface area is 196 Å². The van der Waals surface area contributed by atoms with Gasteiger partial charge in [0.2, 0.25) is 5.69 Å². The largest absolute Gasteiger partial charge is 0.416 e. The molecule has 1 aliphatic rings. The molecule has 0 saturated carbocycles. The van der Waals surface area contributed by atoms with Crippen LogP contribution in [0.1, 0.15) is 21.6 Å². The van der Waals surface area contributed by atoms with Gasteiger partial charge in [0.1, 0.15) is 11.5 Å². The summed E-state index contributed by atoms with van der Waals surface area (Å²) in [5.74, 6) is -1.57. The molecule has 3 aromatic rings. The highest BCUT2D eigenvalue weighted by Crippen LogP contribution is 2.29. The van der Waals surface area contributed by atoms with E-state index in [1.54, 1.807) is 0 Å². The topological polar surface area (TPSA) is 80.4 Å². The zero-order chi connectivity index (χ0) is 25.3.